The van der Waals surface area contributed by atoms with Crippen molar-refractivity contribution in [2.75, 3.05) is 20.3 Å². The summed E-state index contributed by atoms with van der Waals surface area (Å²) >= 11 is 0. The number of aromatic amines is 1. The average molecular weight is 457 g/mol. The molecule has 0 aliphatic carbocycles. The zero-order valence-electron chi connectivity index (χ0n) is 18.1. The molecule has 0 bridgehead atoms. The molecule has 0 aliphatic rings. The third-order valence-electron chi connectivity index (χ3n) is 5.33. The van der Waals surface area contributed by atoms with Crippen LogP contribution in [-0.2, 0) is 11.3 Å². The summed E-state index contributed by atoms with van der Waals surface area (Å²) in [6.07, 6.45) is 0. The Bertz CT molecular complexity index is 1590. The second-order valence-corrected chi connectivity index (χ2v) is 7.35. The highest BCUT2D eigenvalue weighted by Crippen LogP contribution is 2.32. The van der Waals surface area contributed by atoms with E-state index in [0.717, 1.165) is 10.1 Å². The van der Waals surface area contributed by atoms with Crippen LogP contribution in [0.25, 0.3) is 39.3 Å². The predicted molar refractivity (Wildman–Crippen MR) is 122 cm³/mol. The van der Waals surface area contributed by atoms with Gasteiger partial charge in [-0.2, -0.15) is 14.9 Å². The van der Waals surface area contributed by atoms with Gasteiger partial charge in [0.1, 0.15) is 23.0 Å². The van der Waals surface area contributed by atoms with E-state index in [1.54, 1.807) is 18.2 Å². The molecular formula is C24H19N5O5. The Labute approximate surface area is 192 Å². The molecule has 0 atom stereocenters. The number of hydrogen-bond acceptors (Lipinski definition) is 8. The lowest BCUT2D eigenvalue weighted by atomic mass is 10.1. The average Bonchev–Trinajstić information content (AvgIpc) is 3.46. The fourth-order valence-electron chi connectivity index (χ4n) is 3.84. The SMILES string of the molecule is COc1cccc2oc(-c3c(COCCO)[nH]c4c(-c5ccccc5)c(C#N)nn4c3=O)nc12. The first-order chi connectivity index (χ1) is 16.7. The second-order valence-electron chi connectivity index (χ2n) is 7.35. The number of nitriles is 1. The van der Waals surface area contributed by atoms with E-state index in [4.69, 9.17) is 19.0 Å². The van der Waals surface area contributed by atoms with Crippen LogP contribution in [0.2, 0.25) is 0 Å². The number of aromatic nitrogens is 4. The topological polar surface area (TPSA) is 139 Å². The Morgan fingerprint density at radius 2 is 2.00 bits per heavy atom. The first kappa shape index (κ1) is 21.4. The molecule has 0 saturated heterocycles. The van der Waals surface area contributed by atoms with E-state index in [1.165, 1.54) is 7.11 Å². The molecular weight excluding hydrogens is 438 g/mol. The number of rotatable bonds is 7. The Kier molecular flexibility index (Phi) is 5.55. The zero-order valence-corrected chi connectivity index (χ0v) is 18.1. The number of H-pyrrole nitrogens is 1. The smallest absolute Gasteiger partial charge is 0.287 e. The number of hydrogen-bond donors (Lipinski definition) is 2. The van der Waals surface area contributed by atoms with Crippen molar-refractivity contribution in [2.24, 2.45) is 0 Å². The number of oxazole rings is 1. The van der Waals surface area contributed by atoms with Crippen LogP contribution in [0.5, 0.6) is 5.75 Å². The van der Waals surface area contributed by atoms with Crippen molar-refractivity contribution in [2.45, 2.75) is 6.61 Å². The number of benzene rings is 2. The van der Waals surface area contributed by atoms with Gasteiger partial charge in [0.05, 0.1) is 38.2 Å². The van der Waals surface area contributed by atoms with Crippen LogP contribution >= 0.6 is 0 Å². The summed E-state index contributed by atoms with van der Waals surface area (Å²) in [7, 11) is 1.52. The Morgan fingerprint density at radius 3 is 2.74 bits per heavy atom. The van der Waals surface area contributed by atoms with Crippen molar-refractivity contribution < 1.29 is 19.0 Å². The largest absolute Gasteiger partial charge is 0.494 e. The summed E-state index contributed by atoms with van der Waals surface area (Å²) in [6.45, 7) is -0.135. The maximum Gasteiger partial charge on any atom is 0.287 e. The molecule has 0 radical (unpaired) electrons. The molecule has 34 heavy (non-hydrogen) atoms. The van der Waals surface area contributed by atoms with Gasteiger partial charge in [0.15, 0.2) is 16.8 Å². The lowest BCUT2D eigenvalue weighted by Crippen LogP contribution is -2.21. The van der Waals surface area contributed by atoms with Gasteiger partial charge >= 0.3 is 0 Å². The van der Waals surface area contributed by atoms with Crippen LogP contribution in [0, 0.1) is 11.3 Å². The standard InChI is InChI=1S/C24H19N5O5/c1-32-17-8-5-9-18-21(17)27-23(34-18)20-16(13-33-11-10-30)26-22-19(14-6-3-2-4-7-14)15(12-25)28-29(22)24(20)31/h2-9,26,30H,10-11,13H2,1H3. The van der Waals surface area contributed by atoms with Gasteiger partial charge in [0.2, 0.25) is 5.89 Å². The highest BCUT2D eigenvalue weighted by atomic mass is 16.5. The van der Waals surface area contributed by atoms with E-state index < -0.39 is 5.56 Å². The Hall–Kier alpha value is -4.46. The molecule has 10 nitrogen and oxygen atoms in total. The van der Waals surface area contributed by atoms with Crippen molar-refractivity contribution in [1.29, 1.82) is 5.26 Å². The summed E-state index contributed by atoms with van der Waals surface area (Å²) in [4.78, 5) is 21.4. The van der Waals surface area contributed by atoms with E-state index in [1.807, 2.05) is 30.3 Å². The summed E-state index contributed by atoms with van der Waals surface area (Å²) < 4.78 is 17.9. The van der Waals surface area contributed by atoms with Gasteiger partial charge in [-0.15, -0.1) is 0 Å². The van der Waals surface area contributed by atoms with E-state index >= 15 is 0 Å². The van der Waals surface area contributed by atoms with Gasteiger partial charge in [0, 0.05) is 0 Å². The quantitative estimate of drug-likeness (QED) is 0.356. The minimum Gasteiger partial charge on any atom is -0.494 e. The van der Waals surface area contributed by atoms with Gasteiger partial charge in [-0.1, -0.05) is 36.4 Å². The minimum atomic E-state index is -0.527. The van der Waals surface area contributed by atoms with Crippen LogP contribution in [-0.4, -0.2) is 45.0 Å². The molecule has 0 fully saturated rings. The van der Waals surface area contributed by atoms with Gasteiger partial charge in [-0.25, -0.2) is 4.98 Å². The third kappa shape index (κ3) is 3.49. The molecule has 2 aromatic carbocycles. The first-order valence-corrected chi connectivity index (χ1v) is 10.4. The summed E-state index contributed by atoms with van der Waals surface area (Å²) in [5.74, 6) is 0.556. The van der Waals surface area contributed by atoms with E-state index in [2.05, 4.69) is 21.1 Å². The number of aliphatic hydroxyl groups is 1. The maximum atomic E-state index is 13.7. The number of nitrogens with one attached hydrogen (secondary N) is 1. The maximum absolute atomic E-state index is 13.7. The third-order valence-corrected chi connectivity index (χ3v) is 5.33. The molecule has 0 saturated carbocycles. The van der Waals surface area contributed by atoms with Gasteiger partial charge in [-0.05, 0) is 17.7 Å². The number of nitrogens with zero attached hydrogens (tertiary/aromatic N) is 4. The molecule has 0 aliphatic heterocycles. The van der Waals surface area contributed by atoms with E-state index in [0.29, 0.717) is 33.8 Å². The second kappa shape index (κ2) is 8.82. The molecule has 170 valence electrons. The highest BCUT2D eigenvalue weighted by molar-refractivity contribution is 5.84. The number of fused-ring (bicyclic) bond motifs is 2. The van der Waals surface area contributed by atoms with Gasteiger partial charge < -0.3 is 24.0 Å². The molecule has 10 heteroatoms. The van der Waals surface area contributed by atoms with Crippen molar-refractivity contribution in [3.05, 3.63) is 70.3 Å². The van der Waals surface area contributed by atoms with Crippen molar-refractivity contribution in [1.82, 2.24) is 19.6 Å². The number of ether oxygens (including phenoxy) is 2. The molecule has 0 unspecified atom stereocenters. The predicted octanol–water partition coefficient (Wildman–Crippen LogP) is 2.89. The summed E-state index contributed by atoms with van der Waals surface area (Å²) in [5, 5.41) is 23.1. The first-order valence-electron chi connectivity index (χ1n) is 10.4. The van der Waals surface area contributed by atoms with Crippen molar-refractivity contribution >= 4 is 16.7 Å². The molecule has 0 spiro atoms. The lowest BCUT2D eigenvalue weighted by Gasteiger charge is -2.09. The molecule has 3 heterocycles. The van der Waals surface area contributed by atoms with Crippen LogP contribution in [0.4, 0.5) is 0 Å². The number of para-hydroxylation sites is 1. The summed E-state index contributed by atoms with van der Waals surface area (Å²) in [5.41, 5.74) is 2.52. The van der Waals surface area contributed by atoms with Gasteiger partial charge in [0.25, 0.3) is 5.56 Å². The van der Waals surface area contributed by atoms with E-state index in [-0.39, 0.29) is 37.0 Å². The minimum absolute atomic E-state index is 0.0290. The molecule has 2 N–H and O–H groups in total. The van der Waals surface area contributed by atoms with Crippen molar-refractivity contribution in [3.63, 3.8) is 0 Å². The molecule has 5 aromatic rings. The Balaban J connectivity index is 1.80. The normalized spacial score (nSPS) is 11.2. The highest BCUT2D eigenvalue weighted by Gasteiger charge is 2.25. The van der Waals surface area contributed by atoms with Crippen LogP contribution < -0.4 is 10.3 Å². The fourth-order valence-corrected chi connectivity index (χ4v) is 3.84. The number of methoxy groups -OCH3 is 1. The summed E-state index contributed by atoms with van der Waals surface area (Å²) in [6, 6.07) is 16.5. The van der Waals surface area contributed by atoms with E-state index in [9.17, 15) is 10.1 Å². The fraction of sp³-hybridized carbons (Fsp3) is 0.167. The lowest BCUT2D eigenvalue weighted by molar-refractivity contribution is 0.0799. The zero-order chi connectivity index (χ0) is 23.7. The molecule has 5 rings (SSSR count). The monoisotopic (exact) mass is 457 g/mol. The molecule has 0 amide bonds. The molecule has 3 aromatic heterocycles. The number of aliphatic hydroxyl groups excluding tert-OH is 1. The van der Waals surface area contributed by atoms with Crippen LogP contribution in [0.15, 0.2) is 57.7 Å². The van der Waals surface area contributed by atoms with Gasteiger partial charge in [-0.3, -0.25) is 4.79 Å². The van der Waals surface area contributed by atoms with Crippen LogP contribution in [0.3, 0.4) is 0 Å². The van der Waals surface area contributed by atoms with Crippen LogP contribution in [0.1, 0.15) is 11.4 Å². The van der Waals surface area contributed by atoms with Crippen molar-refractivity contribution in [3.8, 4) is 34.4 Å². The Morgan fingerprint density at radius 1 is 1.18 bits per heavy atom.